The van der Waals surface area contributed by atoms with E-state index in [2.05, 4.69) is 10.3 Å². The molecule has 0 unspecified atom stereocenters. The molecule has 0 bridgehead atoms. The van der Waals surface area contributed by atoms with Crippen LogP contribution in [-0.4, -0.2) is 44.9 Å². The van der Waals surface area contributed by atoms with Gasteiger partial charge in [0, 0.05) is 18.2 Å². The monoisotopic (exact) mass is 308 g/mol. The maximum absolute atomic E-state index is 12.2. The summed E-state index contributed by atoms with van der Waals surface area (Å²) in [6, 6.07) is 7.03. The topological polar surface area (TPSA) is 69.2 Å². The first-order valence-electron chi connectivity index (χ1n) is 7.30. The average molecular weight is 308 g/mol. The van der Waals surface area contributed by atoms with Gasteiger partial charge < -0.3 is 14.2 Å². The van der Waals surface area contributed by atoms with Crippen LogP contribution < -0.4 is 10.1 Å². The van der Waals surface area contributed by atoms with Crippen LogP contribution in [0, 0.1) is 0 Å². The Morgan fingerprint density at radius 3 is 2.45 bits per heavy atom. The van der Waals surface area contributed by atoms with Crippen molar-refractivity contribution in [3.8, 4) is 5.75 Å². The van der Waals surface area contributed by atoms with E-state index in [1.165, 1.54) is 0 Å². The van der Waals surface area contributed by atoms with Crippen molar-refractivity contribution in [2.45, 2.75) is 26.8 Å². The number of hydrogen-bond acceptors (Lipinski definition) is 5. The van der Waals surface area contributed by atoms with Gasteiger partial charge >= 0.3 is 0 Å². The molecule has 0 aromatic heterocycles. The molecule has 1 aromatic rings. The molecule has 22 heavy (non-hydrogen) atoms. The minimum Gasteiger partial charge on any atom is -0.497 e. The van der Waals surface area contributed by atoms with Gasteiger partial charge in [-0.25, -0.2) is 4.99 Å². The molecule has 6 heteroatoms. The van der Waals surface area contributed by atoms with Gasteiger partial charge in [-0.3, -0.25) is 10.1 Å². The second-order valence-electron chi connectivity index (χ2n) is 4.76. The molecule has 0 fully saturated rings. The first-order chi connectivity index (χ1) is 10.6. The van der Waals surface area contributed by atoms with E-state index in [0.717, 1.165) is 0 Å². The van der Waals surface area contributed by atoms with Crippen LogP contribution in [0.25, 0.3) is 0 Å². The van der Waals surface area contributed by atoms with Gasteiger partial charge in [-0.15, -0.1) is 0 Å². The van der Waals surface area contributed by atoms with Crippen molar-refractivity contribution in [1.29, 1.82) is 0 Å². The number of aliphatic imine (C=N–C) groups is 1. The van der Waals surface area contributed by atoms with Crippen LogP contribution >= 0.6 is 0 Å². The van der Waals surface area contributed by atoms with E-state index >= 15 is 0 Å². The molecule has 0 radical (unpaired) electrons. The average Bonchev–Trinajstić information content (AvgIpc) is 2.51. The number of carbonyl (C=O) groups is 1. The minimum atomic E-state index is -0.279. The number of nitrogens with zero attached hydrogens (tertiary/aromatic N) is 1. The lowest BCUT2D eigenvalue weighted by Crippen LogP contribution is -2.34. The molecule has 0 aliphatic carbocycles. The minimum absolute atomic E-state index is 0.0123. The van der Waals surface area contributed by atoms with Gasteiger partial charge in [-0.2, -0.15) is 0 Å². The van der Waals surface area contributed by atoms with Crippen molar-refractivity contribution in [2.24, 2.45) is 4.99 Å². The molecule has 0 heterocycles. The maximum Gasteiger partial charge on any atom is 0.292 e. The predicted molar refractivity (Wildman–Crippen MR) is 85.5 cm³/mol. The molecule has 6 nitrogen and oxygen atoms in total. The largest absolute Gasteiger partial charge is 0.497 e. The second kappa shape index (κ2) is 9.78. The normalized spacial score (nSPS) is 11.4. The fraction of sp³-hybridized carbons (Fsp3) is 0.500. The summed E-state index contributed by atoms with van der Waals surface area (Å²) < 4.78 is 15.7. The van der Waals surface area contributed by atoms with Gasteiger partial charge in [0.05, 0.1) is 13.7 Å². The number of hydrogen-bond donors (Lipinski definition) is 1. The summed E-state index contributed by atoms with van der Waals surface area (Å²) in [5, 5.41) is 2.67. The summed E-state index contributed by atoms with van der Waals surface area (Å²) in [7, 11) is 1.58. The smallest absolute Gasteiger partial charge is 0.292 e. The third-order valence-corrected chi connectivity index (χ3v) is 2.62. The van der Waals surface area contributed by atoms with E-state index in [0.29, 0.717) is 31.1 Å². The highest BCUT2D eigenvalue weighted by Crippen LogP contribution is 2.11. The predicted octanol–water partition coefficient (Wildman–Crippen LogP) is 2.24. The fourth-order valence-corrected chi connectivity index (χ4v) is 1.59. The molecule has 1 N–H and O–H groups in total. The lowest BCUT2D eigenvalue weighted by atomic mass is 10.2. The third kappa shape index (κ3) is 6.58. The number of rotatable bonds is 7. The van der Waals surface area contributed by atoms with Crippen LogP contribution in [0.5, 0.6) is 5.75 Å². The Morgan fingerprint density at radius 2 is 1.91 bits per heavy atom. The number of methoxy groups -OCH3 is 1. The Bertz CT molecular complexity index is 483. The van der Waals surface area contributed by atoms with E-state index < -0.39 is 0 Å². The highest BCUT2D eigenvalue weighted by atomic mass is 16.5. The number of ether oxygens (including phenoxy) is 3. The van der Waals surface area contributed by atoms with Gasteiger partial charge in [0.15, 0.2) is 0 Å². The van der Waals surface area contributed by atoms with Crippen molar-refractivity contribution in [3.05, 3.63) is 29.8 Å². The van der Waals surface area contributed by atoms with Gasteiger partial charge in [-0.05, 0) is 45.0 Å². The van der Waals surface area contributed by atoms with E-state index in [9.17, 15) is 4.79 Å². The van der Waals surface area contributed by atoms with E-state index in [4.69, 9.17) is 14.2 Å². The van der Waals surface area contributed by atoms with Crippen molar-refractivity contribution < 1.29 is 19.0 Å². The summed E-state index contributed by atoms with van der Waals surface area (Å²) in [5.74, 6) is 0.416. The molecule has 1 amide bonds. The van der Waals surface area contributed by atoms with Crippen LogP contribution in [-0.2, 0) is 9.47 Å². The Kier molecular flexibility index (Phi) is 7.99. The second-order valence-corrected chi connectivity index (χ2v) is 4.76. The van der Waals surface area contributed by atoms with Crippen LogP contribution in [0.1, 0.15) is 31.1 Å². The summed E-state index contributed by atoms with van der Waals surface area (Å²) in [6.07, 6.45) is 0. The summed E-state index contributed by atoms with van der Waals surface area (Å²) in [4.78, 5) is 16.4. The standard InChI is InChI=1S/C16H24N2O4/c1-5-21-10-11-22-16(17-12(2)3)18-15(19)13-6-8-14(20-4)9-7-13/h6-9,12H,5,10-11H2,1-4H3,(H,17,18,19). The van der Waals surface area contributed by atoms with Crippen LogP contribution in [0.3, 0.4) is 0 Å². The van der Waals surface area contributed by atoms with Crippen molar-refractivity contribution in [2.75, 3.05) is 26.9 Å². The Morgan fingerprint density at radius 1 is 1.23 bits per heavy atom. The zero-order valence-corrected chi connectivity index (χ0v) is 13.6. The highest BCUT2D eigenvalue weighted by molar-refractivity contribution is 6.04. The third-order valence-electron chi connectivity index (χ3n) is 2.62. The number of amides is 1. The van der Waals surface area contributed by atoms with Gasteiger partial charge in [0.1, 0.15) is 12.4 Å². The number of benzene rings is 1. The molecule has 1 aromatic carbocycles. The van der Waals surface area contributed by atoms with Crippen LogP contribution in [0.2, 0.25) is 0 Å². The number of amidine groups is 1. The van der Waals surface area contributed by atoms with Gasteiger partial charge in [-0.1, -0.05) is 0 Å². The molecule has 0 saturated heterocycles. The zero-order valence-electron chi connectivity index (χ0n) is 13.6. The van der Waals surface area contributed by atoms with E-state index in [1.54, 1.807) is 31.4 Å². The molecule has 1 rings (SSSR count). The Hall–Kier alpha value is -2.08. The first-order valence-corrected chi connectivity index (χ1v) is 7.30. The van der Waals surface area contributed by atoms with Crippen molar-refractivity contribution in [3.63, 3.8) is 0 Å². The lowest BCUT2D eigenvalue weighted by Gasteiger charge is -2.12. The number of carbonyl (C=O) groups excluding carboxylic acids is 1. The summed E-state index contributed by atoms with van der Waals surface area (Å²) >= 11 is 0. The van der Waals surface area contributed by atoms with Crippen molar-refractivity contribution >= 4 is 11.9 Å². The van der Waals surface area contributed by atoms with Crippen molar-refractivity contribution in [1.82, 2.24) is 5.32 Å². The van der Waals surface area contributed by atoms with E-state index in [1.807, 2.05) is 20.8 Å². The summed E-state index contributed by atoms with van der Waals surface area (Å²) in [6.45, 7) is 7.14. The van der Waals surface area contributed by atoms with Crippen LogP contribution in [0.15, 0.2) is 29.3 Å². The molecular formula is C16H24N2O4. The molecule has 0 aliphatic heterocycles. The Labute approximate surface area is 131 Å². The molecule has 0 aliphatic rings. The quantitative estimate of drug-likeness (QED) is 0.476. The van der Waals surface area contributed by atoms with E-state index in [-0.39, 0.29) is 18.0 Å². The van der Waals surface area contributed by atoms with Crippen LogP contribution in [0.4, 0.5) is 0 Å². The maximum atomic E-state index is 12.2. The first kappa shape index (κ1) is 18.0. The number of nitrogens with one attached hydrogen (secondary N) is 1. The molecule has 0 spiro atoms. The molecule has 122 valence electrons. The highest BCUT2D eigenvalue weighted by Gasteiger charge is 2.11. The lowest BCUT2D eigenvalue weighted by molar-refractivity contribution is 0.0921. The fourth-order valence-electron chi connectivity index (χ4n) is 1.59. The molecule has 0 atom stereocenters. The molecular weight excluding hydrogens is 284 g/mol. The van der Waals surface area contributed by atoms with Gasteiger partial charge in [0.2, 0.25) is 0 Å². The molecule has 0 saturated carbocycles. The summed E-state index contributed by atoms with van der Waals surface area (Å²) in [5.41, 5.74) is 0.505. The van der Waals surface area contributed by atoms with Gasteiger partial charge in [0.25, 0.3) is 11.9 Å². The Balaban J connectivity index is 2.64. The SMILES string of the molecule is CCOCCOC(=NC(C)C)NC(=O)c1ccc(OC)cc1. The zero-order chi connectivity index (χ0) is 16.4.